The van der Waals surface area contributed by atoms with E-state index < -0.39 is 10.0 Å². The average Bonchev–Trinajstić information content (AvgIpc) is 2.86. The number of aromatic nitrogens is 2. The predicted molar refractivity (Wildman–Crippen MR) is 81.4 cm³/mol. The van der Waals surface area contributed by atoms with Gasteiger partial charge in [0.25, 0.3) is 10.0 Å². The maximum atomic E-state index is 12.2. The molecule has 1 aromatic carbocycles. The number of rotatable bonds is 3. The lowest BCUT2D eigenvalue weighted by Crippen LogP contribution is -2.14. The third-order valence-electron chi connectivity index (χ3n) is 2.51. The van der Waals surface area contributed by atoms with Crippen LogP contribution in [0.1, 0.15) is 5.56 Å². The summed E-state index contributed by atoms with van der Waals surface area (Å²) in [6.07, 6.45) is 2.81. The van der Waals surface area contributed by atoms with Crippen molar-refractivity contribution in [1.82, 2.24) is 9.55 Å². The average molecular weight is 325 g/mol. The van der Waals surface area contributed by atoms with Crippen molar-refractivity contribution in [3.05, 3.63) is 41.3 Å². The number of imidazole rings is 1. The number of benzene rings is 1. The molecule has 0 radical (unpaired) electrons. The lowest BCUT2D eigenvalue weighted by molar-refractivity contribution is 0.598. The maximum Gasteiger partial charge on any atom is 0.280 e. The monoisotopic (exact) mass is 324 g/mol. The Labute approximate surface area is 128 Å². The molecule has 110 valence electrons. The van der Waals surface area contributed by atoms with Crippen molar-refractivity contribution in [3.63, 3.8) is 0 Å². The van der Waals surface area contributed by atoms with E-state index in [1.807, 2.05) is 0 Å². The number of halogens is 1. The zero-order valence-electron chi connectivity index (χ0n) is 11.2. The third-order valence-corrected chi connectivity index (χ3v) is 3.99. The number of hydrogen-bond acceptors (Lipinski definition) is 4. The third kappa shape index (κ3) is 3.76. The van der Waals surface area contributed by atoms with Gasteiger partial charge in [-0.1, -0.05) is 23.4 Å². The molecule has 2 rings (SSSR count). The molecule has 0 saturated heterocycles. The molecule has 0 spiro atoms. The van der Waals surface area contributed by atoms with Crippen LogP contribution >= 0.6 is 11.6 Å². The predicted octanol–water partition coefficient (Wildman–Crippen LogP) is 1.18. The van der Waals surface area contributed by atoms with Crippen molar-refractivity contribution in [1.29, 1.82) is 0 Å². The molecule has 2 aromatic rings. The fraction of sp³-hybridized carbons (Fsp3) is 0.154. The maximum absolute atomic E-state index is 12.2. The second-order valence-corrected chi connectivity index (χ2v) is 6.24. The zero-order chi connectivity index (χ0) is 15.5. The van der Waals surface area contributed by atoms with Crippen molar-refractivity contribution < 1.29 is 8.42 Å². The van der Waals surface area contributed by atoms with Crippen molar-refractivity contribution in [2.24, 2.45) is 12.8 Å². The molecule has 0 bridgehead atoms. The number of nitrogens with two attached hydrogens (primary N) is 1. The summed E-state index contributed by atoms with van der Waals surface area (Å²) in [5.41, 5.74) is 6.10. The number of anilines is 1. The number of hydrogen-bond donors (Lipinski definition) is 2. The van der Waals surface area contributed by atoms with Crippen LogP contribution in [0.15, 0.2) is 35.7 Å². The first-order valence-corrected chi connectivity index (χ1v) is 7.78. The highest BCUT2D eigenvalue weighted by molar-refractivity contribution is 7.92. The summed E-state index contributed by atoms with van der Waals surface area (Å²) in [4.78, 5) is 3.82. The van der Waals surface area contributed by atoms with Crippen molar-refractivity contribution >= 4 is 27.3 Å². The minimum Gasteiger partial charge on any atom is -0.339 e. The van der Waals surface area contributed by atoms with Gasteiger partial charge in [0, 0.05) is 18.3 Å². The molecule has 21 heavy (non-hydrogen) atoms. The molecular weight excluding hydrogens is 312 g/mol. The molecule has 8 heteroatoms. The van der Waals surface area contributed by atoms with Crippen LogP contribution in [0.5, 0.6) is 0 Å². The van der Waals surface area contributed by atoms with E-state index in [1.54, 1.807) is 29.8 Å². The molecule has 6 nitrogen and oxygen atoms in total. The Balaban J connectivity index is 2.39. The number of sulfonamides is 1. The van der Waals surface area contributed by atoms with Crippen LogP contribution in [0.3, 0.4) is 0 Å². The highest BCUT2D eigenvalue weighted by Gasteiger charge is 2.18. The van der Waals surface area contributed by atoms with E-state index in [2.05, 4.69) is 21.5 Å². The molecule has 0 saturated carbocycles. The van der Waals surface area contributed by atoms with Gasteiger partial charge < -0.3 is 10.3 Å². The summed E-state index contributed by atoms with van der Waals surface area (Å²) in [5, 5.41) is 0.384. The Morgan fingerprint density at radius 2 is 2.24 bits per heavy atom. The summed E-state index contributed by atoms with van der Waals surface area (Å²) in [6.45, 7) is 0.166. The van der Waals surface area contributed by atoms with E-state index in [0.717, 1.165) is 0 Å². The van der Waals surface area contributed by atoms with Gasteiger partial charge >= 0.3 is 0 Å². The van der Waals surface area contributed by atoms with Crippen molar-refractivity contribution in [2.45, 2.75) is 5.03 Å². The highest BCUT2D eigenvalue weighted by atomic mass is 35.5. The Hall–Kier alpha value is -2.01. The van der Waals surface area contributed by atoms with Gasteiger partial charge in [-0.15, -0.1) is 0 Å². The van der Waals surface area contributed by atoms with Crippen LogP contribution in [0.25, 0.3) is 0 Å². The molecule has 1 heterocycles. The van der Waals surface area contributed by atoms with E-state index in [1.165, 1.54) is 12.5 Å². The molecule has 0 aliphatic heterocycles. The summed E-state index contributed by atoms with van der Waals surface area (Å²) >= 11 is 5.90. The van der Waals surface area contributed by atoms with Crippen LogP contribution in [0, 0.1) is 11.8 Å². The van der Waals surface area contributed by atoms with Crippen LogP contribution in [0.2, 0.25) is 5.02 Å². The van der Waals surface area contributed by atoms with Gasteiger partial charge in [-0.05, 0) is 18.2 Å². The summed E-state index contributed by atoms with van der Waals surface area (Å²) in [5.74, 6) is 5.45. The topological polar surface area (TPSA) is 90.0 Å². The lowest BCUT2D eigenvalue weighted by Gasteiger charge is -2.08. The van der Waals surface area contributed by atoms with E-state index in [-0.39, 0.29) is 11.6 Å². The molecule has 0 atom stereocenters. The Bertz CT molecular complexity index is 818. The van der Waals surface area contributed by atoms with Gasteiger partial charge in [-0.25, -0.2) is 4.98 Å². The van der Waals surface area contributed by atoms with Crippen LogP contribution in [-0.4, -0.2) is 24.5 Å². The SMILES string of the molecule is Cn1cnc(S(=O)(=O)Nc2ccc(Cl)cc2C#CCN)c1. The van der Waals surface area contributed by atoms with Gasteiger partial charge in [0.2, 0.25) is 0 Å². The highest BCUT2D eigenvalue weighted by Crippen LogP contribution is 2.22. The zero-order valence-corrected chi connectivity index (χ0v) is 12.7. The minimum absolute atomic E-state index is 0.0716. The molecule has 0 unspecified atom stereocenters. The van der Waals surface area contributed by atoms with E-state index in [0.29, 0.717) is 16.3 Å². The normalized spacial score (nSPS) is 10.8. The fourth-order valence-corrected chi connectivity index (χ4v) is 2.81. The standard InChI is InChI=1S/C13H13ClN4O2S/c1-18-8-13(16-9-18)21(19,20)17-12-5-4-11(14)7-10(12)3-2-6-15/h4-5,7-9,17H,6,15H2,1H3. The first-order valence-electron chi connectivity index (χ1n) is 5.91. The fourth-order valence-electron chi connectivity index (χ4n) is 1.58. The number of nitrogens with one attached hydrogen (secondary N) is 1. The quantitative estimate of drug-likeness (QED) is 0.830. The smallest absolute Gasteiger partial charge is 0.280 e. The minimum atomic E-state index is -3.78. The molecule has 0 amide bonds. The lowest BCUT2D eigenvalue weighted by atomic mass is 10.2. The van der Waals surface area contributed by atoms with Crippen molar-refractivity contribution in [2.75, 3.05) is 11.3 Å². The van der Waals surface area contributed by atoms with Crippen molar-refractivity contribution in [3.8, 4) is 11.8 Å². The second-order valence-electron chi connectivity index (χ2n) is 4.18. The molecule has 1 aromatic heterocycles. The number of nitrogens with zero attached hydrogens (tertiary/aromatic N) is 2. The van der Waals surface area contributed by atoms with E-state index in [9.17, 15) is 8.42 Å². The van der Waals surface area contributed by atoms with Gasteiger partial charge in [-0.2, -0.15) is 8.42 Å². The molecule has 3 N–H and O–H groups in total. The van der Waals surface area contributed by atoms with Gasteiger partial charge in [0.1, 0.15) is 0 Å². The Morgan fingerprint density at radius 3 is 2.86 bits per heavy atom. The Kier molecular flexibility index (Phi) is 4.53. The van der Waals surface area contributed by atoms with Crippen LogP contribution < -0.4 is 10.5 Å². The van der Waals surface area contributed by atoms with Crippen LogP contribution in [0.4, 0.5) is 5.69 Å². The first kappa shape index (κ1) is 15.4. The summed E-state index contributed by atoms with van der Waals surface area (Å²) < 4.78 is 28.5. The largest absolute Gasteiger partial charge is 0.339 e. The Morgan fingerprint density at radius 1 is 1.48 bits per heavy atom. The number of aryl methyl sites for hydroxylation is 1. The molecule has 0 fully saturated rings. The van der Waals surface area contributed by atoms with E-state index >= 15 is 0 Å². The van der Waals surface area contributed by atoms with Crippen LogP contribution in [-0.2, 0) is 17.1 Å². The van der Waals surface area contributed by atoms with Gasteiger partial charge in [-0.3, -0.25) is 4.72 Å². The molecular formula is C13H13ClN4O2S. The van der Waals surface area contributed by atoms with Gasteiger partial charge in [0.15, 0.2) is 5.03 Å². The molecule has 0 aliphatic rings. The molecule has 0 aliphatic carbocycles. The van der Waals surface area contributed by atoms with E-state index in [4.69, 9.17) is 17.3 Å². The first-order chi connectivity index (χ1) is 9.92. The second kappa shape index (κ2) is 6.18. The summed E-state index contributed by atoms with van der Waals surface area (Å²) in [7, 11) is -2.09. The summed E-state index contributed by atoms with van der Waals surface area (Å²) in [6, 6.07) is 4.69. The van der Waals surface area contributed by atoms with Gasteiger partial charge in [0.05, 0.1) is 24.1 Å².